The van der Waals surface area contributed by atoms with Crippen molar-refractivity contribution in [2.24, 2.45) is 0 Å². The van der Waals surface area contributed by atoms with Crippen LogP contribution in [0.15, 0.2) is 0 Å². The molecule has 0 spiro atoms. The number of phosphoric ester groups is 1. The fraction of sp³-hybridized carbons (Fsp3) is 0.833. The quantitative estimate of drug-likeness (QED) is 0.600. The summed E-state index contributed by atoms with van der Waals surface area (Å²) in [5, 5.41) is 0. The number of hydrogen-bond donors (Lipinski definition) is 0. The minimum absolute atomic E-state index is 0.149. The van der Waals surface area contributed by atoms with Gasteiger partial charge in [-0.25, -0.2) is 4.57 Å². The van der Waals surface area contributed by atoms with Gasteiger partial charge in [-0.2, -0.15) is 0 Å². The lowest BCUT2D eigenvalue weighted by atomic mass is 10.3. The van der Waals surface area contributed by atoms with Gasteiger partial charge in [0, 0.05) is 20.6 Å². The van der Waals surface area contributed by atoms with Gasteiger partial charge in [0.25, 0.3) is 0 Å². The van der Waals surface area contributed by atoms with E-state index in [1.165, 1.54) is 14.2 Å². The summed E-state index contributed by atoms with van der Waals surface area (Å²) >= 11 is 0. The average molecular weight is 196 g/mol. The Balaban J connectivity index is 3.89. The lowest BCUT2D eigenvalue weighted by Gasteiger charge is -2.11. The molecule has 0 rings (SSSR count). The van der Waals surface area contributed by atoms with E-state index < -0.39 is 7.82 Å². The third-order valence-electron chi connectivity index (χ3n) is 1.23. The molecule has 0 saturated heterocycles. The van der Waals surface area contributed by atoms with Crippen LogP contribution in [0, 0.1) is 0 Å². The molecule has 72 valence electrons. The highest BCUT2D eigenvalue weighted by Crippen LogP contribution is 2.47. The Morgan fingerprint density at radius 2 is 1.83 bits per heavy atom. The van der Waals surface area contributed by atoms with Crippen molar-refractivity contribution in [3.8, 4) is 0 Å². The molecule has 0 radical (unpaired) electrons. The highest BCUT2D eigenvalue weighted by Gasteiger charge is 2.23. The smallest absolute Gasteiger partial charge is 0.297 e. The molecule has 0 bridgehead atoms. The first-order chi connectivity index (χ1) is 5.58. The summed E-state index contributed by atoms with van der Waals surface area (Å²) < 4.78 is 24.7. The lowest BCUT2D eigenvalue weighted by Crippen LogP contribution is -2.06. The van der Waals surface area contributed by atoms with Crippen LogP contribution in [0.5, 0.6) is 0 Å². The zero-order valence-corrected chi connectivity index (χ0v) is 8.30. The Morgan fingerprint density at radius 3 is 2.17 bits per heavy atom. The van der Waals surface area contributed by atoms with E-state index in [1.54, 1.807) is 6.92 Å². The van der Waals surface area contributed by atoms with E-state index in [4.69, 9.17) is 0 Å². The molecule has 0 aliphatic heterocycles. The Labute approximate surface area is 71.6 Å². The molecule has 0 fully saturated rings. The van der Waals surface area contributed by atoms with Crippen LogP contribution >= 0.6 is 7.82 Å². The summed E-state index contributed by atoms with van der Waals surface area (Å²) in [6.07, 6.45) is 0.341. The van der Waals surface area contributed by atoms with Crippen LogP contribution in [0.1, 0.15) is 13.3 Å². The molecule has 6 heteroatoms. The monoisotopic (exact) mass is 196 g/mol. The molecule has 0 aliphatic carbocycles. The molecular weight excluding hydrogens is 183 g/mol. The number of carbonyl (C=O) groups excluding carboxylic acids is 1. The van der Waals surface area contributed by atoms with Gasteiger partial charge in [0.2, 0.25) is 0 Å². The molecule has 12 heavy (non-hydrogen) atoms. The molecule has 0 N–H and O–H groups in total. The minimum atomic E-state index is -3.47. The van der Waals surface area contributed by atoms with Crippen molar-refractivity contribution in [3.05, 3.63) is 0 Å². The van der Waals surface area contributed by atoms with Crippen LogP contribution in [0.25, 0.3) is 0 Å². The van der Waals surface area contributed by atoms with Gasteiger partial charge in [-0.3, -0.25) is 18.4 Å². The van der Waals surface area contributed by atoms with Crippen molar-refractivity contribution in [2.45, 2.75) is 13.3 Å². The van der Waals surface area contributed by atoms with Gasteiger partial charge in [0.15, 0.2) is 5.78 Å². The normalized spacial score (nSPS) is 11.6. The van der Waals surface area contributed by atoms with Crippen molar-refractivity contribution in [2.75, 3.05) is 20.8 Å². The Bertz CT molecular complexity index is 182. The molecule has 0 amide bonds. The second-order valence-corrected chi connectivity index (χ2v) is 3.86. The van der Waals surface area contributed by atoms with Crippen LogP contribution in [0.2, 0.25) is 0 Å². The fourth-order valence-electron chi connectivity index (χ4n) is 0.433. The Morgan fingerprint density at radius 1 is 1.33 bits per heavy atom. The Hall–Kier alpha value is -0.220. The third-order valence-corrected chi connectivity index (χ3v) is 2.56. The van der Waals surface area contributed by atoms with Crippen LogP contribution in [-0.4, -0.2) is 26.6 Å². The van der Waals surface area contributed by atoms with Gasteiger partial charge < -0.3 is 0 Å². The number of ketones is 1. The lowest BCUT2D eigenvalue weighted by molar-refractivity contribution is -0.121. The summed E-state index contributed by atoms with van der Waals surface area (Å²) in [6, 6.07) is 0. The van der Waals surface area contributed by atoms with E-state index in [0.717, 1.165) is 0 Å². The summed E-state index contributed by atoms with van der Waals surface area (Å²) in [6.45, 7) is 1.45. The summed E-state index contributed by atoms with van der Waals surface area (Å²) in [5.41, 5.74) is 0. The number of Topliss-reactive ketones (excluding diaryl/α,β-unsaturated/α-hetero) is 1. The Kier molecular flexibility index (Phi) is 5.33. The molecule has 0 heterocycles. The van der Waals surface area contributed by atoms with E-state index in [1.807, 2.05) is 0 Å². The first-order valence-corrected chi connectivity index (χ1v) is 4.91. The summed E-state index contributed by atoms with van der Waals surface area (Å²) in [5.74, 6) is -0.149. The second-order valence-electron chi connectivity index (χ2n) is 1.98. The maximum atomic E-state index is 11.2. The van der Waals surface area contributed by atoms with Gasteiger partial charge in [-0.1, -0.05) is 6.92 Å². The molecule has 5 nitrogen and oxygen atoms in total. The molecule has 0 atom stereocenters. The van der Waals surface area contributed by atoms with Crippen molar-refractivity contribution in [1.82, 2.24) is 0 Å². The van der Waals surface area contributed by atoms with Gasteiger partial charge in [-0.15, -0.1) is 0 Å². The van der Waals surface area contributed by atoms with E-state index in [2.05, 4.69) is 13.6 Å². The predicted molar refractivity (Wildman–Crippen MR) is 42.9 cm³/mol. The molecule has 0 aliphatic rings. The third kappa shape index (κ3) is 3.97. The largest absolute Gasteiger partial charge is 0.474 e. The zero-order chi connectivity index (χ0) is 9.61. The van der Waals surface area contributed by atoms with Crippen LogP contribution < -0.4 is 0 Å². The maximum Gasteiger partial charge on any atom is 0.474 e. The SMILES string of the molecule is CCC(=O)COP(=O)(OC)OC. The summed E-state index contributed by atoms with van der Waals surface area (Å²) in [7, 11) is -1.08. The first-order valence-electron chi connectivity index (χ1n) is 3.45. The van der Waals surface area contributed by atoms with Crippen molar-refractivity contribution in [3.63, 3.8) is 0 Å². The van der Waals surface area contributed by atoms with Gasteiger partial charge >= 0.3 is 7.82 Å². The molecule has 0 saturated carbocycles. The number of phosphoric acid groups is 1. The average Bonchev–Trinajstić information content (AvgIpc) is 2.13. The fourth-order valence-corrected chi connectivity index (χ4v) is 1.10. The van der Waals surface area contributed by atoms with Gasteiger partial charge in [-0.05, 0) is 0 Å². The zero-order valence-electron chi connectivity index (χ0n) is 7.40. The van der Waals surface area contributed by atoms with Crippen LogP contribution in [-0.2, 0) is 22.9 Å². The predicted octanol–water partition coefficient (Wildman–Crippen LogP) is 1.38. The molecule has 0 aromatic heterocycles. The first kappa shape index (κ1) is 11.8. The minimum Gasteiger partial charge on any atom is -0.297 e. The van der Waals surface area contributed by atoms with E-state index in [-0.39, 0.29) is 12.4 Å². The molecule has 0 aromatic rings. The highest BCUT2D eigenvalue weighted by atomic mass is 31.2. The standard InChI is InChI=1S/C6H13O5P/c1-4-6(7)5-11-12(8,9-2)10-3/h4-5H2,1-3H3. The van der Waals surface area contributed by atoms with Gasteiger partial charge in [0.05, 0.1) is 0 Å². The van der Waals surface area contributed by atoms with Crippen LogP contribution in [0.3, 0.4) is 0 Å². The number of rotatable bonds is 6. The van der Waals surface area contributed by atoms with Crippen molar-refractivity contribution >= 4 is 13.6 Å². The maximum absolute atomic E-state index is 11.2. The molecule has 0 unspecified atom stereocenters. The number of hydrogen-bond acceptors (Lipinski definition) is 5. The van der Waals surface area contributed by atoms with E-state index in [9.17, 15) is 9.36 Å². The van der Waals surface area contributed by atoms with Crippen molar-refractivity contribution in [1.29, 1.82) is 0 Å². The van der Waals surface area contributed by atoms with Crippen LogP contribution in [0.4, 0.5) is 0 Å². The molecule has 0 aromatic carbocycles. The highest BCUT2D eigenvalue weighted by molar-refractivity contribution is 7.48. The van der Waals surface area contributed by atoms with E-state index >= 15 is 0 Å². The summed E-state index contributed by atoms with van der Waals surface area (Å²) in [4.78, 5) is 10.7. The van der Waals surface area contributed by atoms with Crippen molar-refractivity contribution < 1.29 is 22.9 Å². The molecular formula is C6H13O5P. The topological polar surface area (TPSA) is 61.8 Å². The second kappa shape index (κ2) is 5.43. The number of carbonyl (C=O) groups is 1. The van der Waals surface area contributed by atoms with E-state index in [0.29, 0.717) is 6.42 Å². The van der Waals surface area contributed by atoms with Gasteiger partial charge in [0.1, 0.15) is 6.61 Å².